The van der Waals surface area contributed by atoms with Crippen LogP contribution in [0.15, 0.2) is 18.2 Å². The second-order valence-electron chi connectivity index (χ2n) is 4.77. The SMILES string of the molecule is CCN(Cc1ccc(F)cc1F)C(C)(C)CN. The summed E-state index contributed by atoms with van der Waals surface area (Å²) in [6, 6.07) is 3.68. The van der Waals surface area contributed by atoms with Gasteiger partial charge in [-0.2, -0.15) is 0 Å². The molecule has 96 valence electrons. The van der Waals surface area contributed by atoms with Crippen molar-refractivity contribution in [2.75, 3.05) is 13.1 Å². The Morgan fingerprint density at radius 3 is 2.41 bits per heavy atom. The van der Waals surface area contributed by atoms with Crippen LogP contribution in [0.5, 0.6) is 0 Å². The van der Waals surface area contributed by atoms with Crippen LogP contribution >= 0.6 is 0 Å². The topological polar surface area (TPSA) is 29.3 Å². The highest BCUT2D eigenvalue weighted by molar-refractivity contribution is 5.18. The average Bonchev–Trinajstić information content (AvgIpc) is 2.27. The number of hydrogen-bond acceptors (Lipinski definition) is 2. The molecule has 2 N–H and O–H groups in total. The fraction of sp³-hybridized carbons (Fsp3) is 0.538. The predicted octanol–water partition coefficient (Wildman–Crippen LogP) is 2.52. The molecule has 1 rings (SSSR count). The van der Waals surface area contributed by atoms with E-state index in [2.05, 4.69) is 4.90 Å². The van der Waals surface area contributed by atoms with Gasteiger partial charge < -0.3 is 5.73 Å². The molecule has 1 aromatic rings. The van der Waals surface area contributed by atoms with Crippen LogP contribution in [0.3, 0.4) is 0 Å². The van der Waals surface area contributed by atoms with E-state index < -0.39 is 11.6 Å². The number of benzene rings is 1. The van der Waals surface area contributed by atoms with Crippen LogP contribution < -0.4 is 5.73 Å². The van der Waals surface area contributed by atoms with Crippen LogP contribution in [-0.2, 0) is 6.54 Å². The van der Waals surface area contributed by atoms with Crippen molar-refractivity contribution in [1.82, 2.24) is 4.90 Å². The first-order chi connectivity index (χ1) is 7.90. The lowest BCUT2D eigenvalue weighted by Crippen LogP contribution is -2.48. The molecule has 0 bridgehead atoms. The number of nitrogens with zero attached hydrogens (tertiary/aromatic N) is 1. The van der Waals surface area contributed by atoms with Gasteiger partial charge in [0, 0.05) is 30.3 Å². The summed E-state index contributed by atoms with van der Waals surface area (Å²) >= 11 is 0. The first-order valence-corrected chi connectivity index (χ1v) is 5.79. The van der Waals surface area contributed by atoms with Gasteiger partial charge in [-0.1, -0.05) is 13.0 Å². The van der Waals surface area contributed by atoms with Gasteiger partial charge >= 0.3 is 0 Å². The lowest BCUT2D eigenvalue weighted by molar-refractivity contribution is 0.124. The van der Waals surface area contributed by atoms with E-state index in [-0.39, 0.29) is 5.54 Å². The quantitative estimate of drug-likeness (QED) is 0.859. The van der Waals surface area contributed by atoms with E-state index in [0.717, 1.165) is 12.6 Å². The maximum Gasteiger partial charge on any atom is 0.130 e. The van der Waals surface area contributed by atoms with Gasteiger partial charge in [0.15, 0.2) is 0 Å². The Balaban J connectivity index is 2.88. The average molecular weight is 242 g/mol. The minimum atomic E-state index is -0.549. The normalized spacial score (nSPS) is 12.2. The Bertz CT molecular complexity index is 378. The van der Waals surface area contributed by atoms with Crippen molar-refractivity contribution in [3.63, 3.8) is 0 Å². The smallest absolute Gasteiger partial charge is 0.130 e. The minimum Gasteiger partial charge on any atom is -0.329 e. The van der Waals surface area contributed by atoms with Crippen molar-refractivity contribution in [3.8, 4) is 0 Å². The van der Waals surface area contributed by atoms with Crippen molar-refractivity contribution in [3.05, 3.63) is 35.4 Å². The van der Waals surface area contributed by atoms with E-state index >= 15 is 0 Å². The van der Waals surface area contributed by atoms with Gasteiger partial charge in [-0.15, -0.1) is 0 Å². The van der Waals surface area contributed by atoms with E-state index in [4.69, 9.17) is 5.73 Å². The number of hydrogen-bond donors (Lipinski definition) is 1. The highest BCUT2D eigenvalue weighted by Gasteiger charge is 2.24. The number of rotatable bonds is 5. The van der Waals surface area contributed by atoms with Crippen LogP contribution in [-0.4, -0.2) is 23.5 Å². The van der Waals surface area contributed by atoms with Crippen LogP contribution in [0, 0.1) is 11.6 Å². The Labute approximate surface area is 101 Å². The van der Waals surface area contributed by atoms with E-state index in [0.29, 0.717) is 18.7 Å². The van der Waals surface area contributed by atoms with Crippen molar-refractivity contribution < 1.29 is 8.78 Å². The van der Waals surface area contributed by atoms with Crippen molar-refractivity contribution in [1.29, 1.82) is 0 Å². The number of nitrogens with two attached hydrogens (primary N) is 1. The summed E-state index contributed by atoms with van der Waals surface area (Å²) in [7, 11) is 0. The van der Waals surface area contributed by atoms with Gasteiger partial charge in [-0.05, 0) is 26.5 Å². The van der Waals surface area contributed by atoms with Gasteiger partial charge in [0.1, 0.15) is 11.6 Å². The minimum absolute atomic E-state index is 0.199. The molecule has 2 nitrogen and oxygen atoms in total. The summed E-state index contributed by atoms with van der Waals surface area (Å²) in [5.41, 5.74) is 6.00. The van der Waals surface area contributed by atoms with E-state index in [1.165, 1.54) is 12.1 Å². The summed E-state index contributed by atoms with van der Waals surface area (Å²) in [6.45, 7) is 7.71. The molecular weight excluding hydrogens is 222 g/mol. The molecule has 0 aromatic heterocycles. The fourth-order valence-corrected chi connectivity index (χ4v) is 1.74. The molecule has 0 radical (unpaired) electrons. The van der Waals surface area contributed by atoms with Crippen molar-refractivity contribution in [2.45, 2.75) is 32.9 Å². The van der Waals surface area contributed by atoms with Crippen LogP contribution in [0.1, 0.15) is 26.3 Å². The molecule has 1 aromatic carbocycles. The predicted molar refractivity (Wildman–Crippen MR) is 65.6 cm³/mol. The number of likely N-dealkylation sites (N-methyl/N-ethyl adjacent to an activating group) is 1. The van der Waals surface area contributed by atoms with Crippen LogP contribution in [0.4, 0.5) is 8.78 Å². The Morgan fingerprint density at radius 2 is 1.94 bits per heavy atom. The molecule has 0 amide bonds. The van der Waals surface area contributed by atoms with Gasteiger partial charge in [0.25, 0.3) is 0 Å². The first kappa shape index (κ1) is 14.1. The molecule has 0 saturated carbocycles. The fourth-order valence-electron chi connectivity index (χ4n) is 1.74. The van der Waals surface area contributed by atoms with E-state index in [1.807, 2.05) is 20.8 Å². The molecule has 0 atom stereocenters. The maximum atomic E-state index is 13.5. The molecule has 0 spiro atoms. The van der Waals surface area contributed by atoms with Gasteiger partial charge in [-0.3, -0.25) is 4.90 Å². The largest absolute Gasteiger partial charge is 0.329 e. The second-order valence-corrected chi connectivity index (χ2v) is 4.77. The first-order valence-electron chi connectivity index (χ1n) is 5.79. The molecule has 0 heterocycles. The third-order valence-electron chi connectivity index (χ3n) is 3.11. The molecule has 0 aliphatic rings. The van der Waals surface area contributed by atoms with Gasteiger partial charge in [0.2, 0.25) is 0 Å². The Kier molecular flexibility index (Phi) is 4.60. The molecule has 4 heteroatoms. The van der Waals surface area contributed by atoms with Crippen molar-refractivity contribution >= 4 is 0 Å². The van der Waals surface area contributed by atoms with Gasteiger partial charge in [0.05, 0.1) is 0 Å². The van der Waals surface area contributed by atoms with E-state index in [9.17, 15) is 8.78 Å². The monoisotopic (exact) mass is 242 g/mol. The highest BCUT2D eigenvalue weighted by atomic mass is 19.1. The molecule has 17 heavy (non-hydrogen) atoms. The molecule has 0 aliphatic carbocycles. The standard InChI is InChI=1S/C13H20F2N2/c1-4-17(13(2,3)9-16)8-10-5-6-11(14)7-12(10)15/h5-7H,4,8-9,16H2,1-3H3. The Morgan fingerprint density at radius 1 is 1.29 bits per heavy atom. The van der Waals surface area contributed by atoms with E-state index in [1.54, 1.807) is 0 Å². The van der Waals surface area contributed by atoms with Gasteiger partial charge in [-0.25, -0.2) is 8.78 Å². The Hall–Kier alpha value is -1.00. The molecule has 0 fully saturated rings. The summed E-state index contributed by atoms with van der Waals surface area (Å²) in [5.74, 6) is -1.05. The maximum absolute atomic E-state index is 13.5. The third kappa shape index (κ3) is 3.48. The third-order valence-corrected chi connectivity index (χ3v) is 3.11. The molecule has 0 aliphatic heterocycles. The molecule has 0 unspecified atom stereocenters. The highest BCUT2D eigenvalue weighted by Crippen LogP contribution is 2.18. The van der Waals surface area contributed by atoms with Crippen molar-refractivity contribution in [2.24, 2.45) is 5.73 Å². The summed E-state index contributed by atoms with van der Waals surface area (Å²) in [4.78, 5) is 2.07. The second kappa shape index (κ2) is 5.56. The lowest BCUT2D eigenvalue weighted by atomic mass is 10.0. The van der Waals surface area contributed by atoms with Crippen LogP contribution in [0.2, 0.25) is 0 Å². The zero-order chi connectivity index (χ0) is 13.1. The number of halogens is 2. The summed E-state index contributed by atoms with van der Waals surface area (Å²) in [6.07, 6.45) is 0. The van der Waals surface area contributed by atoms with Crippen LogP contribution in [0.25, 0.3) is 0 Å². The molecular formula is C13H20F2N2. The lowest BCUT2D eigenvalue weighted by Gasteiger charge is -2.37. The summed E-state index contributed by atoms with van der Waals surface area (Å²) in [5, 5.41) is 0. The zero-order valence-corrected chi connectivity index (χ0v) is 10.6. The zero-order valence-electron chi connectivity index (χ0n) is 10.6. The summed E-state index contributed by atoms with van der Waals surface area (Å²) < 4.78 is 26.3. The molecule has 0 saturated heterocycles.